The first-order valence-electron chi connectivity index (χ1n) is 7.23. The Morgan fingerprint density at radius 2 is 1.95 bits per heavy atom. The molecule has 0 aliphatic heterocycles. The summed E-state index contributed by atoms with van der Waals surface area (Å²) in [6, 6.07) is 10.6. The minimum Gasteiger partial charge on any atom is -0.342 e. The van der Waals surface area contributed by atoms with Crippen LogP contribution in [0.5, 0.6) is 0 Å². The van der Waals surface area contributed by atoms with Crippen molar-refractivity contribution in [3.05, 3.63) is 35.9 Å². The molecular formula is C16H24N2O. The lowest BCUT2D eigenvalue weighted by molar-refractivity contribution is -0.135. The van der Waals surface area contributed by atoms with Crippen LogP contribution in [0, 0.1) is 5.92 Å². The SMILES string of the molecule is CN(C(=O)C(CN)Cc1ccccc1)C1CCCC1. The number of rotatable bonds is 5. The molecule has 1 atom stereocenters. The van der Waals surface area contributed by atoms with Crippen molar-refractivity contribution in [1.29, 1.82) is 0 Å². The number of hydrogen-bond donors (Lipinski definition) is 1. The zero-order valence-electron chi connectivity index (χ0n) is 11.7. The summed E-state index contributed by atoms with van der Waals surface area (Å²) in [5.74, 6) is 0.117. The summed E-state index contributed by atoms with van der Waals surface area (Å²) in [6.07, 6.45) is 5.52. The maximum Gasteiger partial charge on any atom is 0.227 e. The zero-order valence-corrected chi connectivity index (χ0v) is 11.7. The minimum atomic E-state index is -0.0898. The molecule has 1 saturated carbocycles. The summed E-state index contributed by atoms with van der Waals surface area (Å²) in [5, 5.41) is 0. The van der Waals surface area contributed by atoms with Gasteiger partial charge in [-0.25, -0.2) is 0 Å². The van der Waals surface area contributed by atoms with E-state index >= 15 is 0 Å². The number of amides is 1. The van der Waals surface area contributed by atoms with Gasteiger partial charge < -0.3 is 10.6 Å². The van der Waals surface area contributed by atoms with Gasteiger partial charge in [0.1, 0.15) is 0 Å². The Balaban J connectivity index is 1.98. The summed E-state index contributed by atoms with van der Waals surface area (Å²) in [5.41, 5.74) is 7.00. The fraction of sp³-hybridized carbons (Fsp3) is 0.562. The molecule has 1 fully saturated rings. The lowest BCUT2D eigenvalue weighted by Gasteiger charge is -2.28. The van der Waals surface area contributed by atoms with Gasteiger partial charge in [0, 0.05) is 19.6 Å². The maximum absolute atomic E-state index is 12.5. The fourth-order valence-electron chi connectivity index (χ4n) is 2.93. The van der Waals surface area contributed by atoms with Crippen molar-refractivity contribution >= 4 is 5.91 Å². The molecule has 1 aliphatic carbocycles. The molecule has 3 heteroatoms. The average molecular weight is 260 g/mol. The van der Waals surface area contributed by atoms with Crippen molar-refractivity contribution in [2.75, 3.05) is 13.6 Å². The third-order valence-electron chi connectivity index (χ3n) is 4.18. The lowest BCUT2D eigenvalue weighted by Crippen LogP contribution is -2.42. The van der Waals surface area contributed by atoms with Gasteiger partial charge in [0.05, 0.1) is 5.92 Å². The molecule has 1 amide bonds. The molecule has 0 bridgehead atoms. The van der Waals surface area contributed by atoms with Gasteiger partial charge in [-0.05, 0) is 24.8 Å². The Labute approximate surface area is 115 Å². The summed E-state index contributed by atoms with van der Waals surface area (Å²) in [6.45, 7) is 0.421. The van der Waals surface area contributed by atoms with Gasteiger partial charge in [-0.1, -0.05) is 43.2 Å². The molecule has 0 aromatic heterocycles. The Morgan fingerprint density at radius 3 is 2.53 bits per heavy atom. The molecule has 2 N–H and O–H groups in total. The third-order valence-corrected chi connectivity index (χ3v) is 4.18. The van der Waals surface area contributed by atoms with Gasteiger partial charge in [-0.2, -0.15) is 0 Å². The summed E-state index contributed by atoms with van der Waals surface area (Å²) >= 11 is 0. The van der Waals surface area contributed by atoms with Crippen LogP contribution in [-0.4, -0.2) is 30.4 Å². The van der Waals surface area contributed by atoms with Crippen LogP contribution in [0.1, 0.15) is 31.2 Å². The highest BCUT2D eigenvalue weighted by molar-refractivity contribution is 5.79. The van der Waals surface area contributed by atoms with Gasteiger partial charge in [0.15, 0.2) is 0 Å². The van der Waals surface area contributed by atoms with Crippen molar-refractivity contribution in [3.8, 4) is 0 Å². The number of carbonyl (C=O) groups is 1. The van der Waals surface area contributed by atoms with Gasteiger partial charge in [0.2, 0.25) is 5.91 Å². The molecule has 19 heavy (non-hydrogen) atoms. The smallest absolute Gasteiger partial charge is 0.227 e. The molecule has 1 aliphatic rings. The highest BCUT2D eigenvalue weighted by Crippen LogP contribution is 2.24. The molecule has 0 saturated heterocycles. The number of hydrogen-bond acceptors (Lipinski definition) is 2. The highest BCUT2D eigenvalue weighted by Gasteiger charge is 2.28. The van der Waals surface area contributed by atoms with E-state index in [0.29, 0.717) is 12.6 Å². The summed E-state index contributed by atoms with van der Waals surface area (Å²) in [4.78, 5) is 14.4. The minimum absolute atomic E-state index is 0.0898. The maximum atomic E-state index is 12.5. The number of benzene rings is 1. The Morgan fingerprint density at radius 1 is 1.32 bits per heavy atom. The molecule has 0 radical (unpaired) electrons. The normalized spacial score (nSPS) is 17.4. The fourth-order valence-corrected chi connectivity index (χ4v) is 2.93. The quantitative estimate of drug-likeness (QED) is 0.882. The predicted molar refractivity (Wildman–Crippen MR) is 77.7 cm³/mol. The second-order valence-electron chi connectivity index (χ2n) is 5.51. The van der Waals surface area contributed by atoms with Crippen LogP contribution in [0.3, 0.4) is 0 Å². The van der Waals surface area contributed by atoms with Crippen LogP contribution in [0.4, 0.5) is 0 Å². The van der Waals surface area contributed by atoms with E-state index in [9.17, 15) is 4.79 Å². The molecule has 0 spiro atoms. The summed E-state index contributed by atoms with van der Waals surface area (Å²) < 4.78 is 0. The van der Waals surface area contributed by atoms with E-state index in [1.807, 2.05) is 30.1 Å². The number of carbonyl (C=O) groups excluding carboxylic acids is 1. The molecule has 1 aromatic rings. The van der Waals surface area contributed by atoms with Crippen molar-refractivity contribution in [2.24, 2.45) is 11.7 Å². The van der Waals surface area contributed by atoms with Crippen molar-refractivity contribution in [2.45, 2.75) is 38.1 Å². The third kappa shape index (κ3) is 3.57. The number of nitrogens with two attached hydrogens (primary N) is 1. The van der Waals surface area contributed by atoms with Crippen molar-refractivity contribution < 1.29 is 4.79 Å². The monoisotopic (exact) mass is 260 g/mol. The van der Waals surface area contributed by atoms with Crippen LogP contribution >= 0.6 is 0 Å². The largest absolute Gasteiger partial charge is 0.342 e. The molecule has 3 nitrogen and oxygen atoms in total. The van der Waals surface area contributed by atoms with Crippen molar-refractivity contribution in [1.82, 2.24) is 4.90 Å². The van der Waals surface area contributed by atoms with E-state index in [1.165, 1.54) is 18.4 Å². The van der Waals surface area contributed by atoms with Gasteiger partial charge in [-0.15, -0.1) is 0 Å². The Kier molecular flexibility index (Phi) is 4.97. The molecule has 2 rings (SSSR count). The van der Waals surface area contributed by atoms with E-state index in [0.717, 1.165) is 19.3 Å². The zero-order chi connectivity index (χ0) is 13.7. The van der Waals surface area contributed by atoms with Gasteiger partial charge >= 0.3 is 0 Å². The molecule has 1 unspecified atom stereocenters. The molecule has 104 valence electrons. The first kappa shape index (κ1) is 14.1. The van der Waals surface area contributed by atoms with Crippen LogP contribution in [0.15, 0.2) is 30.3 Å². The van der Waals surface area contributed by atoms with E-state index in [4.69, 9.17) is 5.73 Å². The van der Waals surface area contributed by atoms with Crippen LogP contribution in [0.2, 0.25) is 0 Å². The van der Waals surface area contributed by atoms with Crippen LogP contribution in [0.25, 0.3) is 0 Å². The number of nitrogens with zero attached hydrogens (tertiary/aromatic N) is 1. The predicted octanol–water partition coefficient (Wildman–Crippen LogP) is 2.20. The first-order chi connectivity index (χ1) is 9.22. The molecule has 0 heterocycles. The van der Waals surface area contributed by atoms with E-state index < -0.39 is 0 Å². The van der Waals surface area contributed by atoms with E-state index in [2.05, 4.69) is 12.1 Å². The highest BCUT2D eigenvalue weighted by atomic mass is 16.2. The molecular weight excluding hydrogens is 236 g/mol. The van der Waals surface area contributed by atoms with Crippen LogP contribution < -0.4 is 5.73 Å². The van der Waals surface area contributed by atoms with E-state index in [-0.39, 0.29) is 11.8 Å². The van der Waals surface area contributed by atoms with Gasteiger partial charge in [0.25, 0.3) is 0 Å². The Hall–Kier alpha value is -1.35. The second kappa shape index (κ2) is 6.71. The average Bonchev–Trinajstić information content (AvgIpc) is 2.98. The Bertz CT molecular complexity index is 398. The van der Waals surface area contributed by atoms with E-state index in [1.54, 1.807) is 0 Å². The van der Waals surface area contributed by atoms with Crippen molar-refractivity contribution in [3.63, 3.8) is 0 Å². The first-order valence-corrected chi connectivity index (χ1v) is 7.23. The summed E-state index contributed by atoms with van der Waals surface area (Å²) in [7, 11) is 1.94. The topological polar surface area (TPSA) is 46.3 Å². The van der Waals surface area contributed by atoms with Crippen LogP contribution in [-0.2, 0) is 11.2 Å². The second-order valence-corrected chi connectivity index (χ2v) is 5.51. The van der Waals surface area contributed by atoms with Gasteiger partial charge in [-0.3, -0.25) is 4.79 Å². The molecule has 1 aromatic carbocycles. The standard InChI is InChI=1S/C16H24N2O/c1-18(15-9-5-6-10-15)16(19)14(12-17)11-13-7-3-2-4-8-13/h2-4,7-8,14-15H,5-6,9-12,17H2,1H3. The lowest BCUT2D eigenvalue weighted by atomic mass is 9.97.